The quantitative estimate of drug-likeness (QED) is 0.638. The third-order valence-electron chi connectivity index (χ3n) is 3.09. The van der Waals surface area contributed by atoms with Crippen molar-refractivity contribution < 1.29 is 13.2 Å². The van der Waals surface area contributed by atoms with Crippen molar-refractivity contribution in [1.29, 1.82) is 0 Å². The maximum atomic E-state index is 11.3. The number of ether oxygens (including phenoxy) is 1. The van der Waals surface area contributed by atoms with Crippen LogP contribution in [0.15, 0.2) is 29.2 Å². The summed E-state index contributed by atoms with van der Waals surface area (Å²) in [5.74, 6) is 2.39. The number of hydrogen-bond acceptors (Lipinski definition) is 5. The normalized spacial score (nSPS) is 21.4. The summed E-state index contributed by atoms with van der Waals surface area (Å²) in [5, 5.41) is 3.30. The summed E-state index contributed by atoms with van der Waals surface area (Å²) >= 11 is 1.72. The summed E-state index contributed by atoms with van der Waals surface area (Å²) in [4.78, 5) is 1.12. The molecule has 0 bridgehead atoms. The third-order valence-corrected chi connectivity index (χ3v) is 5.92. The Kier molecular flexibility index (Phi) is 5.13. The van der Waals surface area contributed by atoms with Crippen LogP contribution in [-0.2, 0) is 9.84 Å². The van der Waals surface area contributed by atoms with Gasteiger partial charge in [-0.1, -0.05) is 12.1 Å². The van der Waals surface area contributed by atoms with Crippen LogP contribution < -0.4 is 10.1 Å². The van der Waals surface area contributed by atoms with Crippen molar-refractivity contribution >= 4 is 21.6 Å². The second-order valence-electron chi connectivity index (χ2n) is 4.55. The highest BCUT2D eigenvalue weighted by molar-refractivity contribution is 7.99. The highest BCUT2D eigenvalue weighted by Gasteiger charge is 2.26. The minimum Gasteiger partial charge on any atom is -0.496 e. The van der Waals surface area contributed by atoms with Gasteiger partial charge in [0.15, 0.2) is 9.84 Å². The van der Waals surface area contributed by atoms with E-state index in [0.29, 0.717) is 5.75 Å². The number of hydrogen-bond donors (Lipinski definition) is 1. The summed E-state index contributed by atoms with van der Waals surface area (Å²) in [6.45, 7) is 0.808. The smallest absolute Gasteiger partial charge is 0.151 e. The molecule has 0 aliphatic carbocycles. The molecule has 1 aromatic carbocycles. The zero-order valence-corrected chi connectivity index (χ0v) is 12.6. The number of rotatable bonds is 6. The highest BCUT2D eigenvalue weighted by atomic mass is 32.2. The van der Waals surface area contributed by atoms with Gasteiger partial charge in [0.1, 0.15) is 5.75 Å². The van der Waals surface area contributed by atoms with Crippen LogP contribution in [0.25, 0.3) is 0 Å². The van der Waals surface area contributed by atoms with E-state index >= 15 is 0 Å². The number of sulfone groups is 1. The Bertz CT molecular complexity index is 516. The van der Waals surface area contributed by atoms with E-state index in [-0.39, 0.29) is 11.8 Å². The van der Waals surface area contributed by atoms with Gasteiger partial charge in [-0.3, -0.25) is 0 Å². The predicted molar refractivity (Wildman–Crippen MR) is 78.8 cm³/mol. The van der Waals surface area contributed by atoms with Crippen LogP contribution in [0, 0.1) is 0 Å². The number of nitrogens with one attached hydrogen (secondary N) is 1. The Balaban J connectivity index is 1.72. The lowest BCUT2D eigenvalue weighted by Gasteiger charge is -2.11. The van der Waals surface area contributed by atoms with Gasteiger partial charge in [0.25, 0.3) is 0 Å². The molecule has 0 radical (unpaired) electrons. The average Bonchev–Trinajstić information content (AvgIpc) is 2.75. The fourth-order valence-electron chi connectivity index (χ4n) is 2.12. The molecule has 1 atom stereocenters. The highest BCUT2D eigenvalue weighted by Crippen LogP contribution is 2.28. The molecule has 0 amide bonds. The number of thioether (sulfide) groups is 1. The van der Waals surface area contributed by atoms with E-state index < -0.39 is 9.84 Å². The van der Waals surface area contributed by atoms with Crippen LogP contribution in [-0.4, -0.2) is 45.4 Å². The monoisotopic (exact) mass is 301 g/mol. The summed E-state index contributed by atoms with van der Waals surface area (Å²) in [5.41, 5.74) is 0. The van der Waals surface area contributed by atoms with Gasteiger partial charge in [0.2, 0.25) is 0 Å². The molecule has 6 heteroatoms. The molecule has 1 saturated heterocycles. The molecule has 19 heavy (non-hydrogen) atoms. The second kappa shape index (κ2) is 6.63. The molecule has 0 saturated carbocycles. The topological polar surface area (TPSA) is 55.4 Å². The van der Waals surface area contributed by atoms with Crippen molar-refractivity contribution in [3.05, 3.63) is 24.3 Å². The molecular formula is C13H19NO3S2. The van der Waals surface area contributed by atoms with Gasteiger partial charge in [0, 0.05) is 23.2 Å². The first-order valence-electron chi connectivity index (χ1n) is 6.30. The van der Waals surface area contributed by atoms with Crippen molar-refractivity contribution in [3.8, 4) is 5.75 Å². The van der Waals surface area contributed by atoms with Crippen molar-refractivity contribution in [2.24, 2.45) is 0 Å². The molecule has 1 N–H and O–H groups in total. The van der Waals surface area contributed by atoms with E-state index in [9.17, 15) is 8.42 Å². The Labute approximate surface area is 118 Å². The molecule has 0 spiro atoms. The minimum atomic E-state index is -2.78. The first kappa shape index (κ1) is 14.7. The van der Waals surface area contributed by atoms with Crippen LogP contribution in [0.5, 0.6) is 5.75 Å². The maximum absolute atomic E-state index is 11.3. The van der Waals surface area contributed by atoms with E-state index in [1.54, 1.807) is 18.9 Å². The van der Waals surface area contributed by atoms with Crippen LogP contribution in [0.2, 0.25) is 0 Å². The molecule has 1 aliphatic heterocycles. The summed E-state index contributed by atoms with van der Waals surface area (Å²) < 4.78 is 27.9. The zero-order valence-electron chi connectivity index (χ0n) is 11.0. The molecular weight excluding hydrogens is 282 g/mol. The molecule has 1 aliphatic rings. The van der Waals surface area contributed by atoms with Crippen LogP contribution in [0.1, 0.15) is 6.42 Å². The lowest BCUT2D eigenvalue weighted by Crippen LogP contribution is -2.31. The van der Waals surface area contributed by atoms with Gasteiger partial charge in [-0.25, -0.2) is 8.42 Å². The summed E-state index contributed by atoms with van der Waals surface area (Å²) in [7, 11) is -1.12. The summed E-state index contributed by atoms with van der Waals surface area (Å²) in [6.07, 6.45) is 0.738. The van der Waals surface area contributed by atoms with Crippen molar-refractivity contribution in [3.63, 3.8) is 0 Å². The number of benzene rings is 1. The molecule has 1 aromatic rings. The van der Waals surface area contributed by atoms with Crippen LogP contribution >= 0.6 is 11.8 Å². The summed E-state index contributed by atoms with van der Waals surface area (Å²) in [6, 6.07) is 8.04. The van der Waals surface area contributed by atoms with Crippen LogP contribution in [0.4, 0.5) is 0 Å². The molecule has 1 heterocycles. The molecule has 0 aromatic heterocycles. The first-order chi connectivity index (χ1) is 9.11. The lowest BCUT2D eigenvalue weighted by molar-refractivity contribution is 0.405. The van der Waals surface area contributed by atoms with E-state index in [1.165, 1.54) is 0 Å². The average molecular weight is 301 g/mol. The Morgan fingerprint density at radius 1 is 1.42 bits per heavy atom. The first-order valence-corrected chi connectivity index (χ1v) is 9.11. The lowest BCUT2D eigenvalue weighted by atomic mass is 10.3. The Morgan fingerprint density at radius 2 is 2.21 bits per heavy atom. The maximum Gasteiger partial charge on any atom is 0.151 e. The molecule has 106 valence electrons. The Hall–Kier alpha value is -0.720. The molecule has 1 unspecified atom stereocenters. The fourth-order valence-corrected chi connectivity index (χ4v) is 4.73. The van der Waals surface area contributed by atoms with Gasteiger partial charge in [-0.15, -0.1) is 11.8 Å². The zero-order chi connectivity index (χ0) is 13.7. The van der Waals surface area contributed by atoms with Crippen molar-refractivity contribution in [2.75, 3.05) is 30.9 Å². The fraction of sp³-hybridized carbons (Fsp3) is 0.538. The second-order valence-corrected chi connectivity index (χ2v) is 7.92. The van der Waals surface area contributed by atoms with Crippen molar-refractivity contribution in [2.45, 2.75) is 17.4 Å². The molecule has 4 nitrogen and oxygen atoms in total. The van der Waals surface area contributed by atoms with E-state index in [4.69, 9.17) is 4.74 Å². The van der Waals surface area contributed by atoms with Crippen LogP contribution in [0.3, 0.4) is 0 Å². The van der Waals surface area contributed by atoms with Gasteiger partial charge in [-0.2, -0.15) is 0 Å². The van der Waals surface area contributed by atoms with Gasteiger partial charge in [0.05, 0.1) is 18.6 Å². The van der Waals surface area contributed by atoms with E-state index in [1.807, 2.05) is 24.3 Å². The third kappa shape index (κ3) is 4.40. The standard InChI is InChI=1S/C13H19NO3S2/c1-17-12-4-2-3-5-13(12)18-8-7-14-11-6-9-19(15,16)10-11/h2-5,11,14H,6-10H2,1H3. The number of methoxy groups -OCH3 is 1. The molecule has 1 fully saturated rings. The largest absolute Gasteiger partial charge is 0.496 e. The minimum absolute atomic E-state index is 0.128. The van der Waals surface area contributed by atoms with E-state index in [2.05, 4.69) is 5.32 Å². The van der Waals surface area contributed by atoms with E-state index in [0.717, 1.165) is 29.4 Å². The SMILES string of the molecule is COc1ccccc1SCCNC1CCS(=O)(=O)C1. The van der Waals surface area contributed by atoms with Crippen molar-refractivity contribution in [1.82, 2.24) is 5.32 Å². The van der Waals surface area contributed by atoms with Gasteiger partial charge < -0.3 is 10.1 Å². The van der Waals surface area contributed by atoms with Gasteiger partial charge in [-0.05, 0) is 18.6 Å². The predicted octanol–water partition coefficient (Wildman–Crippen LogP) is 1.56. The Morgan fingerprint density at radius 3 is 2.89 bits per heavy atom. The van der Waals surface area contributed by atoms with Gasteiger partial charge >= 0.3 is 0 Å². The number of para-hydroxylation sites is 1. The molecule has 2 rings (SSSR count).